The molecule has 1 fully saturated rings. The van der Waals surface area contributed by atoms with E-state index >= 15 is 0 Å². The Bertz CT molecular complexity index is 912. The molecule has 2 amide bonds. The molecule has 5 N–H and O–H groups in total. The van der Waals surface area contributed by atoms with E-state index in [-0.39, 0.29) is 17.9 Å². The topological polar surface area (TPSA) is 104 Å². The molecule has 146 valence electrons. The molecule has 2 aromatic carbocycles. The van der Waals surface area contributed by atoms with E-state index in [0.29, 0.717) is 17.9 Å². The maximum atomic E-state index is 13.2. The number of aliphatic hydroxyl groups is 1. The molecule has 0 bridgehead atoms. The minimum absolute atomic E-state index is 0.216. The minimum atomic E-state index is -1.07. The summed E-state index contributed by atoms with van der Waals surface area (Å²) >= 11 is 0. The highest BCUT2D eigenvalue weighted by Crippen LogP contribution is 2.43. The number of nitrogens with one attached hydrogen (secondary N) is 2. The van der Waals surface area contributed by atoms with E-state index in [1.807, 2.05) is 29.6 Å². The van der Waals surface area contributed by atoms with Crippen LogP contribution in [0.1, 0.15) is 18.9 Å². The zero-order valence-electron chi connectivity index (χ0n) is 15.8. The van der Waals surface area contributed by atoms with Crippen molar-refractivity contribution in [3.05, 3.63) is 54.1 Å². The molecule has 1 saturated heterocycles. The first-order valence-electron chi connectivity index (χ1n) is 9.35. The number of carbonyl (C=O) groups excluding carboxylic acids is 2. The predicted octanol–water partition coefficient (Wildman–Crippen LogP) is 0.814. The standard InChI is InChI=1S/C21H23N3O4/c1-12(25)18-11-16(19(26)22-13-7-9-14(28-2)10-8-13)21(24-18)15-5-3-4-6-17(15)23-20(21)27/h3-10,12,16,18,24-25H,11H2,1-2H3,(H,22,26)(H,23,27)/p+1/t12-,16-,18-,21+/m1/s1. The lowest BCUT2D eigenvalue weighted by atomic mass is 9.79. The van der Waals surface area contributed by atoms with Crippen LogP contribution in [0.15, 0.2) is 48.5 Å². The van der Waals surface area contributed by atoms with Gasteiger partial charge in [0.2, 0.25) is 11.4 Å². The van der Waals surface area contributed by atoms with Crippen LogP contribution in [0.25, 0.3) is 0 Å². The average Bonchev–Trinajstić information content (AvgIpc) is 3.23. The smallest absolute Gasteiger partial charge is 0.291 e. The summed E-state index contributed by atoms with van der Waals surface area (Å²) < 4.78 is 5.15. The molecule has 0 radical (unpaired) electrons. The van der Waals surface area contributed by atoms with Crippen molar-refractivity contribution in [2.45, 2.75) is 31.0 Å². The number of hydrogen-bond donors (Lipinski definition) is 4. The Kier molecular flexibility index (Phi) is 4.56. The molecule has 1 spiro atoms. The highest BCUT2D eigenvalue weighted by Gasteiger charge is 2.64. The lowest BCUT2D eigenvalue weighted by Gasteiger charge is -2.26. The fourth-order valence-electron chi connectivity index (χ4n) is 4.35. The Labute approximate surface area is 163 Å². The molecule has 2 aliphatic heterocycles. The predicted molar refractivity (Wildman–Crippen MR) is 104 cm³/mol. The molecule has 7 heteroatoms. The number of ether oxygens (including phenoxy) is 1. The van der Waals surface area contributed by atoms with Crippen LogP contribution in [0.5, 0.6) is 5.75 Å². The van der Waals surface area contributed by atoms with Crippen molar-refractivity contribution in [1.29, 1.82) is 0 Å². The first-order chi connectivity index (χ1) is 13.5. The molecule has 2 aromatic rings. The van der Waals surface area contributed by atoms with Gasteiger partial charge in [0.05, 0.1) is 12.8 Å². The third kappa shape index (κ3) is 2.83. The fraction of sp³-hybridized carbons (Fsp3) is 0.333. The van der Waals surface area contributed by atoms with Crippen LogP contribution in [0.2, 0.25) is 0 Å². The van der Waals surface area contributed by atoms with Crippen molar-refractivity contribution in [2.24, 2.45) is 5.92 Å². The van der Waals surface area contributed by atoms with E-state index < -0.39 is 17.6 Å². The normalized spacial score (nSPS) is 26.6. The summed E-state index contributed by atoms with van der Waals surface area (Å²) in [5.41, 5.74) is 1.07. The van der Waals surface area contributed by atoms with Gasteiger partial charge in [-0.1, -0.05) is 18.2 Å². The maximum absolute atomic E-state index is 13.2. The summed E-state index contributed by atoms with van der Waals surface area (Å²) in [7, 11) is 1.58. The summed E-state index contributed by atoms with van der Waals surface area (Å²) in [4.78, 5) is 26.3. The molecule has 2 heterocycles. The quantitative estimate of drug-likeness (QED) is 0.628. The SMILES string of the molecule is COc1ccc(NC(=O)[C@H]2C[C@H]([C@@H](C)O)[NH2+][C@]23C(=O)Nc2ccccc23)cc1. The summed E-state index contributed by atoms with van der Waals surface area (Å²) in [6.45, 7) is 1.69. The molecular formula is C21H24N3O4+. The number of rotatable bonds is 4. The van der Waals surface area contributed by atoms with Crippen LogP contribution in [0.4, 0.5) is 11.4 Å². The van der Waals surface area contributed by atoms with Crippen LogP contribution >= 0.6 is 0 Å². The first-order valence-corrected chi connectivity index (χ1v) is 9.35. The van der Waals surface area contributed by atoms with Crippen LogP contribution in [-0.4, -0.2) is 36.2 Å². The Morgan fingerprint density at radius 3 is 2.68 bits per heavy atom. The molecule has 2 aliphatic rings. The lowest BCUT2D eigenvalue weighted by Crippen LogP contribution is -2.99. The third-order valence-corrected chi connectivity index (χ3v) is 5.82. The summed E-state index contributed by atoms with van der Waals surface area (Å²) in [5.74, 6) is -0.372. The molecule has 0 unspecified atom stereocenters. The highest BCUT2D eigenvalue weighted by atomic mass is 16.5. The summed E-state index contributed by atoms with van der Waals surface area (Å²) in [5, 5.41) is 17.9. The van der Waals surface area contributed by atoms with Crippen LogP contribution in [0, 0.1) is 5.92 Å². The lowest BCUT2D eigenvalue weighted by molar-refractivity contribution is -0.737. The summed E-state index contributed by atoms with van der Waals surface area (Å²) in [6, 6.07) is 14.2. The third-order valence-electron chi connectivity index (χ3n) is 5.82. The average molecular weight is 382 g/mol. The maximum Gasteiger partial charge on any atom is 0.291 e. The van der Waals surface area contributed by atoms with Crippen LogP contribution in [-0.2, 0) is 15.1 Å². The van der Waals surface area contributed by atoms with Gasteiger partial charge in [0.15, 0.2) is 0 Å². The molecule has 28 heavy (non-hydrogen) atoms. The van der Waals surface area contributed by atoms with Gasteiger partial charge in [-0.2, -0.15) is 0 Å². The van der Waals surface area contributed by atoms with Crippen molar-refractivity contribution < 1.29 is 24.7 Å². The zero-order valence-corrected chi connectivity index (χ0v) is 15.8. The molecule has 0 saturated carbocycles. The molecular weight excluding hydrogens is 358 g/mol. The number of fused-ring (bicyclic) bond motifs is 2. The van der Waals surface area contributed by atoms with Gasteiger partial charge in [-0.25, -0.2) is 0 Å². The van der Waals surface area contributed by atoms with E-state index in [9.17, 15) is 14.7 Å². The zero-order chi connectivity index (χ0) is 19.9. The fourth-order valence-corrected chi connectivity index (χ4v) is 4.35. The van der Waals surface area contributed by atoms with Gasteiger partial charge in [0.1, 0.15) is 23.8 Å². The Morgan fingerprint density at radius 2 is 2.00 bits per heavy atom. The molecule has 0 aliphatic carbocycles. The van der Waals surface area contributed by atoms with Gasteiger partial charge in [-0.15, -0.1) is 0 Å². The molecule has 4 atom stereocenters. The van der Waals surface area contributed by atoms with E-state index in [2.05, 4.69) is 10.6 Å². The number of para-hydroxylation sites is 1. The minimum Gasteiger partial charge on any atom is -0.497 e. The molecule has 4 rings (SSSR count). The Balaban J connectivity index is 1.69. The largest absolute Gasteiger partial charge is 0.497 e. The van der Waals surface area contributed by atoms with Crippen molar-refractivity contribution >= 4 is 23.2 Å². The van der Waals surface area contributed by atoms with Gasteiger partial charge >= 0.3 is 0 Å². The second kappa shape index (κ2) is 6.92. The van der Waals surface area contributed by atoms with Crippen molar-refractivity contribution in [1.82, 2.24) is 0 Å². The van der Waals surface area contributed by atoms with E-state index in [4.69, 9.17) is 4.74 Å². The number of nitrogens with two attached hydrogens (primary N) is 1. The van der Waals surface area contributed by atoms with Gasteiger partial charge in [-0.3, -0.25) is 9.59 Å². The van der Waals surface area contributed by atoms with Gasteiger partial charge < -0.3 is 25.8 Å². The highest BCUT2D eigenvalue weighted by molar-refractivity contribution is 6.09. The number of anilines is 2. The van der Waals surface area contributed by atoms with E-state index in [1.54, 1.807) is 38.3 Å². The number of quaternary nitrogens is 1. The second-order valence-corrected chi connectivity index (χ2v) is 7.45. The Hall–Kier alpha value is -2.90. The number of carbonyl (C=O) groups is 2. The number of amides is 2. The van der Waals surface area contributed by atoms with Crippen molar-refractivity contribution in [3.63, 3.8) is 0 Å². The van der Waals surface area contributed by atoms with E-state index in [1.165, 1.54) is 0 Å². The number of aliphatic hydroxyl groups excluding tert-OH is 1. The first kappa shape index (κ1) is 18.5. The molecule has 7 nitrogen and oxygen atoms in total. The van der Waals surface area contributed by atoms with E-state index in [0.717, 1.165) is 11.3 Å². The van der Waals surface area contributed by atoms with Gasteiger partial charge in [0, 0.05) is 17.7 Å². The number of benzene rings is 2. The Morgan fingerprint density at radius 1 is 1.29 bits per heavy atom. The van der Waals surface area contributed by atoms with Crippen LogP contribution in [0.3, 0.4) is 0 Å². The number of hydrogen-bond acceptors (Lipinski definition) is 4. The van der Waals surface area contributed by atoms with Crippen molar-refractivity contribution in [2.75, 3.05) is 17.7 Å². The van der Waals surface area contributed by atoms with Crippen LogP contribution < -0.4 is 20.7 Å². The second-order valence-electron chi connectivity index (χ2n) is 7.45. The summed E-state index contributed by atoms with van der Waals surface area (Å²) in [6.07, 6.45) is -0.238. The monoisotopic (exact) mass is 382 g/mol. The van der Waals surface area contributed by atoms with Crippen molar-refractivity contribution in [3.8, 4) is 5.75 Å². The van der Waals surface area contributed by atoms with Gasteiger partial charge in [-0.05, 0) is 37.3 Å². The molecule has 0 aromatic heterocycles. The van der Waals surface area contributed by atoms with Gasteiger partial charge in [0.25, 0.3) is 5.91 Å². The number of methoxy groups -OCH3 is 1.